The van der Waals surface area contributed by atoms with E-state index in [4.69, 9.17) is 10.9 Å². The quantitative estimate of drug-likeness (QED) is 0.673. The molecule has 0 saturated carbocycles. The summed E-state index contributed by atoms with van der Waals surface area (Å²) in [7, 11) is -3.93. The summed E-state index contributed by atoms with van der Waals surface area (Å²) in [6.45, 7) is 0. The number of halogens is 3. The first-order valence-electron chi connectivity index (χ1n) is 7.09. The van der Waals surface area contributed by atoms with Gasteiger partial charge in [-0.15, -0.1) is 5.10 Å². The molecule has 4 N–H and O–H groups in total. The molecule has 1 heterocycles. The predicted octanol–water partition coefficient (Wildman–Crippen LogP) is 2.18. The normalized spacial score (nSPS) is 12.3. The Morgan fingerprint density at radius 1 is 0.962 bits per heavy atom. The van der Waals surface area contributed by atoms with Crippen molar-refractivity contribution in [2.75, 3.05) is 5.73 Å². The molecule has 7 nitrogen and oxygen atoms in total. The summed E-state index contributed by atoms with van der Waals surface area (Å²) in [5.41, 5.74) is 6.58. The zero-order valence-corrected chi connectivity index (χ0v) is 13.8. The minimum atomic E-state index is -4.74. The largest absolute Gasteiger partial charge is 0.453 e. The Kier molecular flexibility index (Phi) is 4.20. The summed E-state index contributed by atoms with van der Waals surface area (Å²) in [6, 6.07) is 11.0. The molecular weight excluding hydrogens is 371 g/mol. The SMILES string of the molecule is Nc1ccc(-c2nc(C(F)(F)F)nn2-c2ccc(S(N)(=O)=O)cc2)cc1. The summed E-state index contributed by atoms with van der Waals surface area (Å²) >= 11 is 0. The predicted molar refractivity (Wildman–Crippen MR) is 87.6 cm³/mol. The monoisotopic (exact) mass is 383 g/mol. The maximum absolute atomic E-state index is 13.0. The van der Waals surface area contributed by atoms with E-state index >= 15 is 0 Å². The molecule has 11 heteroatoms. The van der Waals surface area contributed by atoms with Crippen molar-refractivity contribution in [1.82, 2.24) is 14.8 Å². The van der Waals surface area contributed by atoms with Crippen LogP contribution in [0.15, 0.2) is 53.4 Å². The number of sulfonamides is 1. The van der Waals surface area contributed by atoms with E-state index in [1.54, 1.807) is 0 Å². The van der Waals surface area contributed by atoms with Crippen LogP contribution in [-0.4, -0.2) is 23.2 Å². The molecule has 2 aromatic carbocycles. The van der Waals surface area contributed by atoms with E-state index in [-0.39, 0.29) is 16.4 Å². The highest BCUT2D eigenvalue weighted by Crippen LogP contribution is 2.30. The summed E-state index contributed by atoms with van der Waals surface area (Å²) in [4.78, 5) is 3.40. The van der Waals surface area contributed by atoms with Crippen LogP contribution in [-0.2, 0) is 16.2 Å². The Morgan fingerprint density at radius 2 is 1.54 bits per heavy atom. The third kappa shape index (κ3) is 3.53. The average molecular weight is 383 g/mol. The Labute approximate surface area is 146 Å². The first kappa shape index (κ1) is 17.9. The van der Waals surface area contributed by atoms with Gasteiger partial charge < -0.3 is 5.73 Å². The van der Waals surface area contributed by atoms with Crippen molar-refractivity contribution in [2.24, 2.45) is 5.14 Å². The summed E-state index contributed by atoms with van der Waals surface area (Å²) in [5.74, 6) is -1.39. The summed E-state index contributed by atoms with van der Waals surface area (Å²) in [6.07, 6.45) is -4.74. The molecule has 3 rings (SSSR count). The van der Waals surface area contributed by atoms with Crippen LogP contribution in [0.4, 0.5) is 18.9 Å². The molecule has 0 bridgehead atoms. The van der Waals surface area contributed by atoms with E-state index in [2.05, 4.69) is 10.1 Å². The lowest BCUT2D eigenvalue weighted by Gasteiger charge is -2.07. The molecule has 0 aliphatic heterocycles. The van der Waals surface area contributed by atoms with Gasteiger partial charge in [-0.2, -0.15) is 13.2 Å². The first-order chi connectivity index (χ1) is 12.1. The summed E-state index contributed by atoms with van der Waals surface area (Å²) < 4.78 is 62.7. The molecule has 0 spiro atoms. The van der Waals surface area contributed by atoms with Crippen molar-refractivity contribution in [3.8, 4) is 17.1 Å². The molecule has 0 saturated heterocycles. The Bertz CT molecular complexity index is 1040. The minimum Gasteiger partial charge on any atom is -0.399 e. The second kappa shape index (κ2) is 6.11. The number of hydrogen-bond acceptors (Lipinski definition) is 5. The molecule has 0 aliphatic carbocycles. The van der Waals surface area contributed by atoms with Crippen molar-refractivity contribution in [3.63, 3.8) is 0 Å². The van der Waals surface area contributed by atoms with Crippen LogP contribution in [0.5, 0.6) is 0 Å². The number of hydrogen-bond donors (Lipinski definition) is 2. The van der Waals surface area contributed by atoms with Crippen LogP contribution >= 0.6 is 0 Å². The molecule has 136 valence electrons. The number of primary sulfonamides is 1. The lowest BCUT2D eigenvalue weighted by Crippen LogP contribution is -2.12. The van der Waals surface area contributed by atoms with Gasteiger partial charge in [-0.3, -0.25) is 0 Å². The number of nitrogen functional groups attached to an aromatic ring is 1. The minimum absolute atomic E-state index is 0.0688. The van der Waals surface area contributed by atoms with Gasteiger partial charge in [0.15, 0.2) is 5.82 Å². The fourth-order valence-electron chi connectivity index (χ4n) is 2.21. The van der Waals surface area contributed by atoms with E-state index in [1.165, 1.54) is 48.5 Å². The van der Waals surface area contributed by atoms with Crippen LogP contribution in [0.1, 0.15) is 5.82 Å². The standard InChI is InChI=1S/C15H12F3N5O2S/c16-15(17,18)14-21-13(9-1-3-10(19)4-2-9)23(22-14)11-5-7-12(8-6-11)26(20,24)25/h1-8H,19H2,(H2,20,24,25). The van der Waals surface area contributed by atoms with E-state index < -0.39 is 22.0 Å². The van der Waals surface area contributed by atoms with Gasteiger partial charge in [-0.25, -0.2) is 23.2 Å². The zero-order valence-electron chi connectivity index (χ0n) is 13.0. The molecule has 26 heavy (non-hydrogen) atoms. The van der Waals surface area contributed by atoms with Crippen LogP contribution in [0, 0.1) is 0 Å². The number of aromatic nitrogens is 3. The number of anilines is 1. The maximum atomic E-state index is 13.0. The molecule has 3 aromatic rings. The Morgan fingerprint density at radius 3 is 2.04 bits per heavy atom. The van der Waals surface area contributed by atoms with Gasteiger partial charge in [0.25, 0.3) is 5.82 Å². The lowest BCUT2D eigenvalue weighted by atomic mass is 10.2. The lowest BCUT2D eigenvalue weighted by molar-refractivity contribution is -0.144. The second-order valence-corrected chi connectivity index (χ2v) is 6.89. The molecule has 0 aliphatic rings. The Hall–Kier alpha value is -2.92. The molecule has 0 atom stereocenters. The number of benzene rings is 2. The van der Waals surface area contributed by atoms with E-state index in [0.717, 1.165) is 4.68 Å². The van der Waals surface area contributed by atoms with Gasteiger partial charge in [-0.05, 0) is 48.5 Å². The topological polar surface area (TPSA) is 117 Å². The first-order valence-corrected chi connectivity index (χ1v) is 8.64. The van der Waals surface area contributed by atoms with Crippen molar-refractivity contribution in [2.45, 2.75) is 11.1 Å². The van der Waals surface area contributed by atoms with Crippen molar-refractivity contribution < 1.29 is 21.6 Å². The number of alkyl halides is 3. The summed E-state index contributed by atoms with van der Waals surface area (Å²) in [5, 5.41) is 8.53. The third-order valence-corrected chi connectivity index (χ3v) is 4.37. The highest BCUT2D eigenvalue weighted by Gasteiger charge is 2.37. The molecular formula is C15H12F3N5O2S. The number of rotatable bonds is 3. The molecule has 0 amide bonds. The molecule has 0 fully saturated rings. The highest BCUT2D eigenvalue weighted by molar-refractivity contribution is 7.89. The van der Waals surface area contributed by atoms with Gasteiger partial charge >= 0.3 is 6.18 Å². The fraction of sp³-hybridized carbons (Fsp3) is 0.0667. The van der Waals surface area contributed by atoms with Gasteiger partial charge in [0.05, 0.1) is 10.6 Å². The van der Waals surface area contributed by atoms with Gasteiger partial charge in [0, 0.05) is 11.3 Å². The van der Waals surface area contributed by atoms with Gasteiger partial charge in [0.1, 0.15) is 0 Å². The average Bonchev–Trinajstić information content (AvgIpc) is 3.00. The van der Waals surface area contributed by atoms with E-state index in [9.17, 15) is 21.6 Å². The molecule has 0 unspecified atom stereocenters. The fourth-order valence-corrected chi connectivity index (χ4v) is 2.72. The van der Waals surface area contributed by atoms with E-state index in [0.29, 0.717) is 11.3 Å². The van der Waals surface area contributed by atoms with Crippen LogP contribution in [0.2, 0.25) is 0 Å². The Balaban J connectivity index is 2.16. The molecule has 1 aromatic heterocycles. The smallest absolute Gasteiger partial charge is 0.399 e. The van der Waals surface area contributed by atoms with Crippen molar-refractivity contribution in [1.29, 1.82) is 0 Å². The third-order valence-electron chi connectivity index (χ3n) is 3.44. The highest BCUT2D eigenvalue weighted by atomic mass is 32.2. The second-order valence-electron chi connectivity index (χ2n) is 5.33. The zero-order chi connectivity index (χ0) is 19.1. The van der Waals surface area contributed by atoms with Crippen molar-refractivity contribution in [3.05, 3.63) is 54.4 Å². The maximum Gasteiger partial charge on any atom is 0.453 e. The van der Waals surface area contributed by atoms with E-state index in [1.807, 2.05) is 0 Å². The number of nitrogens with zero attached hydrogens (tertiary/aromatic N) is 3. The molecule has 0 radical (unpaired) electrons. The number of nitrogens with two attached hydrogens (primary N) is 2. The van der Waals surface area contributed by atoms with Crippen LogP contribution in [0.25, 0.3) is 17.1 Å². The van der Waals surface area contributed by atoms with Gasteiger partial charge in [0.2, 0.25) is 10.0 Å². The van der Waals surface area contributed by atoms with Crippen LogP contribution in [0.3, 0.4) is 0 Å². The van der Waals surface area contributed by atoms with Gasteiger partial charge in [-0.1, -0.05) is 0 Å². The van der Waals surface area contributed by atoms with Crippen molar-refractivity contribution >= 4 is 15.7 Å². The van der Waals surface area contributed by atoms with Crippen LogP contribution < -0.4 is 10.9 Å².